The first kappa shape index (κ1) is 27.8. The lowest BCUT2D eigenvalue weighted by Gasteiger charge is -2.27. The van der Waals surface area contributed by atoms with E-state index in [2.05, 4.69) is 27.9 Å². The second-order valence-electron chi connectivity index (χ2n) is 8.70. The summed E-state index contributed by atoms with van der Waals surface area (Å²) in [6.07, 6.45) is 1.41. The fourth-order valence-corrected chi connectivity index (χ4v) is 4.65. The van der Waals surface area contributed by atoms with Crippen LogP contribution in [-0.4, -0.2) is 29.4 Å². The second-order valence-corrected chi connectivity index (χ2v) is 9.86. The van der Waals surface area contributed by atoms with Crippen LogP contribution in [0.3, 0.4) is 0 Å². The molecule has 0 aromatic heterocycles. The monoisotopic (exact) mass is 641 g/mol. The molecule has 3 aromatic rings. The number of hydrogen-bond acceptors (Lipinski definition) is 7. The first-order chi connectivity index (χ1) is 18.6. The van der Waals surface area contributed by atoms with Crippen LogP contribution < -0.4 is 19.7 Å². The lowest BCUT2D eigenvalue weighted by atomic mass is 10.0. The third kappa shape index (κ3) is 6.08. The smallest absolute Gasteiger partial charge is 0.335 e. The molecule has 1 aliphatic heterocycles. The Bertz CT molecular complexity index is 1520. The van der Waals surface area contributed by atoms with Gasteiger partial charge in [-0.3, -0.25) is 25.0 Å². The van der Waals surface area contributed by atoms with E-state index in [1.165, 1.54) is 18.2 Å². The number of carbonyl (C=O) groups excluding carboxylic acids is 3. The number of nitro groups is 1. The lowest BCUT2D eigenvalue weighted by molar-refractivity contribution is -0.384. The van der Waals surface area contributed by atoms with Gasteiger partial charge in [0.1, 0.15) is 12.2 Å². The van der Waals surface area contributed by atoms with E-state index in [-0.39, 0.29) is 17.9 Å². The molecule has 4 amide bonds. The number of anilines is 1. The van der Waals surface area contributed by atoms with Crippen LogP contribution in [0.15, 0.2) is 60.2 Å². The standard InChI is InChI=1S/C28H24IN3O7/c1-4-38-24-14-19(13-23(29)25(24)39-15-18-6-9-20(10-7-18)32(36)37)12-22-26(33)30-28(35)31(27(22)34)21-8-5-16(2)17(3)11-21/h5-14H,4,15H2,1-3H3,(H,30,33,35)/b22-12+. The molecular formula is C28H24IN3O7. The van der Waals surface area contributed by atoms with Crippen LogP contribution in [0, 0.1) is 27.5 Å². The van der Waals surface area contributed by atoms with Gasteiger partial charge in [0.25, 0.3) is 17.5 Å². The number of non-ortho nitro benzene ring substituents is 1. The van der Waals surface area contributed by atoms with Gasteiger partial charge in [-0.05, 0) is 108 Å². The van der Waals surface area contributed by atoms with E-state index in [0.29, 0.717) is 32.9 Å². The minimum absolute atomic E-state index is 0.0141. The largest absolute Gasteiger partial charge is 0.490 e. The number of ether oxygens (including phenoxy) is 2. The van der Waals surface area contributed by atoms with Crippen LogP contribution in [0.1, 0.15) is 29.2 Å². The van der Waals surface area contributed by atoms with Crippen molar-refractivity contribution in [1.82, 2.24) is 5.32 Å². The van der Waals surface area contributed by atoms with Gasteiger partial charge in [0.05, 0.1) is 20.8 Å². The van der Waals surface area contributed by atoms with Crippen molar-refractivity contribution < 1.29 is 28.8 Å². The number of imide groups is 2. The first-order valence-electron chi connectivity index (χ1n) is 11.9. The predicted molar refractivity (Wildman–Crippen MR) is 153 cm³/mol. The van der Waals surface area contributed by atoms with Crippen LogP contribution in [0.5, 0.6) is 11.5 Å². The lowest BCUT2D eigenvalue weighted by Crippen LogP contribution is -2.54. The van der Waals surface area contributed by atoms with Crippen LogP contribution >= 0.6 is 22.6 Å². The molecule has 0 bridgehead atoms. The number of nitro benzene ring substituents is 1. The zero-order chi connectivity index (χ0) is 28.3. The highest BCUT2D eigenvalue weighted by Gasteiger charge is 2.37. The Balaban J connectivity index is 1.63. The maximum atomic E-state index is 13.3. The molecule has 10 nitrogen and oxygen atoms in total. The van der Waals surface area contributed by atoms with E-state index in [4.69, 9.17) is 9.47 Å². The Morgan fingerprint density at radius 1 is 1.00 bits per heavy atom. The summed E-state index contributed by atoms with van der Waals surface area (Å²) in [7, 11) is 0. The highest BCUT2D eigenvalue weighted by Crippen LogP contribution is 2.36. The van der Waals surface area contributed by atoms with E-state index in [9.17, 15) is 24.5 Å². The molecular weight excluding hydrogens is 617 g/mol. The number of urea groups is 1. The van der Waals surface area contributed by atoms with Crippen molar-refractivity contribution in [2.24, 2.45) is 0 Å². The van der Waals surface area contributed by atoms with E-state index in [1.54, 1.807) is 42.5 Å². The molecule has 0 aliphatic carbocycles. The highest BCUT2D eigenvalue weighted by molar-refractivity contribution is 14.1. The average Bonchev–Trinajstić information content (AvgIpc) is 2.88. The quantitative estimate of drug-likeness (QED) is 0.114. The van der Waals surface area contributed by atoms with Crippen LogP contribution in [0.2, 0.25) is 0 Å². The maximum absolute atomic E-state index is 13.3. The molecule has 0 radical (unpaired) electrons. The van der Waals surface area contributed by atoms with Crippen LogP contribution in [-0.2, 0) is 16.2 Å². The number of benzene rings is 3. The number of aryl methyl sites for hydroxylation is 2. The fraction of sp³-hybridized carbons (Fsp3) is 0.179. The molecule has 200 valence electrons. The van der Waals surface area contributed by atoms with Crippen molar-refractivity contribution in [3.05, 3.63) is 96.1 Å². The average molecular weight is 641 g/mol. The molecule has 39 heavy (non-hydrogen) atoms. The molecule has 1 heterocycles. The molecule has 1 fully saturated rings. The third-order valence-electron chi connectivity index (χ3n) is 6.02. The minimum Gasteiger partial charge on any atom is -0.490 e. The summed E-state index contributed by atoms with van der Waals surface area (Å²) in [5, 5.41) is 13.1. The molecule has 4 rings (SSSR count). The topological polar surface area (TPSA) is 128 Å². The normalized spacial score (nSPS) is 14.4. The first-order valence-corrected chi connectivity index (χ1v) is 13.0. The van der Waals surface area contributed by atoms with Crippen molar-refractivity contribution in [1.29, 1.82) is 0 Å². The van der Waals surface area contributed by atoms with E-state index >= 15 is 0 Å². The summed E-state index contributed by atoms with van der Waals surface area (Å²) in [4.78, 5) is 49.9. The minimum atomic E-state index is -0.815. The highest BCUT2D eigenvalue weighted by atomic mass is 127. The Morgan fingerprint density at radius 2 is 1.72 bits per heavy atom. The van der Waals surface area contributed by atoms with Gasteiger partial charge in [-0.25, -0.2) is 9.69 Å². The Kier molecular flexibility index (Phi) is 8.29. The summed E-state index contributed by atoms with van der Waals surface area (Å²) in [6.45, 7) is 6.07. The molecule has 1 aliphatic rings. The predicted octanol–water partition coefficient (Wildman–Crippen LogP) is 5.46. The molecule has 3 aromatic carbocycles. The maximum Gasteiger partial charge on any atom is 0.335 e. The van der Waals surface area contributed by atoms with Crippen molar-refractivity contribution in [2.45, 2.75) is 27.4 Å². The fourth-order valence-electron chi connectivity index (χ4n) is 3.87. The zero-order valence-electron chi connectivity index (χ0n) is 21.3. The summed E-state index contributed by atoms with van der Waals surface area (Å²) < 4.78 is 12.4. The van der Waals surface area contributed by atoms with Gasteiger partial charge in [0, 0.05) is 12.1 Å². The number of halogens is 1. The molecule has 0 unspecified atom stereocenters. The molecule has 11 heteroatoms. The van der Waals surface area contributed by atoms with Gasteiger partial charge in [-0.1, -0.05) is 6.07 Å². The molecule has 1 saturated heterocycles. The van der Waals surface area contributed by atoms with Crippen LogP contribution in [0.4, 0.5) is 16.2 Å². The van der Waals surface area contributed by atoms with Gasteiger partial charge in [-0.15, -0.1) is 0 Å². The van der Waals surface area contributed by atoms with Gasteiger partial charge in [0.15, 0.2) is 11.5 Å². The Morgan fingerprint density at radius 3 is 2.36 bits per heavy atom. The van der Waals surface area contributed by atoms with Gasteiger partial charge < -0.3 is 9.47 Å². The number of carbonyl (C=O) groups is 3. The van der Waals surface area contributed by atoms with E-state index in [0.717, 1.165) is 21.6 Å². The Labute approximate surface area is 237 Å². The molecule has 0 atom stereocenters. The molecule has 1 N–H and O–H groups in total. The van der Waals surface area contributed by atoms with Crippen molar-refractivity contribution in [3.63, 3.8) is 0 Å². The van der Waals surface area contributed by atoms with Crippen molar-refractivity contribution in [2.75, 3.05) is 11.5 Å². The third-order valence-corrected chi connectivity index (χ3v) is 6.82. The van der Waals surface area contributed by atoms with E-state index in [1.807, 2.05) is 20.8 Å². The summed E-state index contributed by atoms with van der Waals surface area (Å²) >= 11 is 2.06. The summed E-state index contributed by atoms with van der Waals surface area (Å²) in [6, 6.07) is 13.7. The molecule has 0 saturated carbocycles. The summed E-state index contributed by atoms with van der Waals surface area (Å²) in [5.41, 5.74) is 3.27. The van der Waals surface area contributed by atoms with Gasteiger partial charge in [-0.2, -0.15) is 0 Å². The van der Waals surface area contributed by atoms with Gasteiger partial charge >= 0.3 is 6.03 Å². The SMILES string of the molecule is CCOc1cc(/C=C2\C(=O)NC(=O)N(c3ccc(C)c(C)c3)C2=O)cc(I)c1OCc1ccc([N+](=O)[O-])cc1. The van der Waals surface area contributed by atoms with Crippen LogP contribution in [0.25, 0.3) is 6.08 Å². The van der Waals surface area contributed by atoms with Crippen molar-refractivity contribution >= 4 is 57.9 Å². The number of hydrogen-bond donors (Lipinski definition) is 1. The van der Waals surface area contributed by atoms with Gasteiger partial charge in [0.2, 0.25) is 0 Å². The molecule has 0 spiro atoms. The number of barbiturate groups is 1. The number of amides is 4. The van der Waals surface area contributed by atoms with E-state index < -0.39 is 22.8 Å². The van der Waals surface area contributed by atoms with Crippen molar-refractivity contribution in [3.8, 4) is 11.5 Å². The number of nitrogens with zero attached hydrogens (tertiary/aromatic N) is 2. The second kappa shape index (κ2) is 11.6. The summed E-state index contributed by atoms with van der Waals surface area (Å²) in [5.74, 6) is -0.691. The number of rotatable bonds is 8. The zero-order valence-corrected chi connectivity index (χ0v) is 23.5. The Hall–Kier alpha value is -4.26. The number of nitrogens with one attached hydrogen (secondary N) is 1.